The van der Waals surface area contributed by atoms with Gasteiger partial charge in [0.05, 0.1) is 19.0 Å². The minimum absolute atomic E-state index is 0. The van der Waals surface area contributed by atoms with E-state index >= 15 is 0 Å². The molecule has 0 unspecified atom stereocenters. The summed E-state index contributed by atoms with van der Waals surface area (Å²) in [5.74, 6) is 0. The lowest BCUT2D eigenvalue weighted by molar-refractivity contribution is -0.0844. The molecule has 8 nitrogen and oxygen atoms in total. The molecular weight excluding hydrogens is 384 g/mol. The number of methoxy groups -OCH3 is 1. The molecule has 0 rings (SSSR count). The van der Waals surface area contributed by atoms with Crippen LogP contribution in [-0.4, -0.2) is 76.2 Å². The Labute approximate surface area is 172 Å². The largest absolute Gasteiger partial charge is 0.447 e. The highest BCUT2D eigenvalue weighted by Crippen LogP contribution is 2.25. The zero-order valence-corrected chi connectivity index (χ0v) is 19.1. The van der Waals surface area contributed by atoms with Crippen LogP contribution in [0, 0.1) is 5.41 Å². The molecule has 0 spiro atoms. The van der Waals surface area contributed by atoms with E-state index in [2.05, 4.69) is 5.32 Å². The zero-order valence-electron chi connectivity index (χ0n) is 18.3. The Morgan fingerprint density at radius 3 is 2.07 bits per heavy atom. The van der Waals surface area contributed by atoms with Crippen molar-refractivity contribution in [3.8, 4) is 0 Å². The van der Waals surface area contributed by atoms with Gasteiger partial charge in [-0.25, -0.2) is 13.2 Å². The maximum absolute atomic E-state index is 12.2. The summed E-state index contributed by atoms with van der Waals surface area (Å²) in [6.45, 7) is 14.2. The monoisotopic (exact) mass is 426 g/mol. The van der Waals surface area contributed by atoms with Crippen molar-refractivity contribution in [1.82, 2.24) is 9.62 Å². The van der Waals surface area contributed by atoms with E-state index < -0.39 is 27.8 Å². The Bertz CT molecular complexity index is 552. The lowest BCUT2D eigenvalue weighted by Crippen LogP contribution is -2.51. The first-order valence-corrected chi connectivity index (χ1v) is 11.0. The molecule has 0 bridgehead atoms. The molecule has 0 aliphatic carbocycles. The molecule has 0 fully saturated rings. The highest BCUT2D eigenvalue weighted by Gasteiger charge is 2.34. The predicted molar refractivity (Wildman–Crippen MR) is 113 cm³/mol. The number of ether oxygens (including phenoxy) is 3. The quantitative estimate of drug-likeness (QED) is 0.540. The normalized spacial score (nSPS) is 14.9. The Morgan fingerprint density at radius 2 is 1.68 bits per heavy atom. The molecule has 9 heteroatoms. The van der Waals surface area contributed by atoms with E-state index in [4.69, 9.17) is 14.2 Å². The Hall–Kier alpha value is -0.900. The molecular formula is C19H42N2O6S. The first-order valence-electron chi connectivity index (χ1n) is 9.12. The van der Waals surface area contributed by atoms with Gasteiger partial charge in [0.15, 0.2) is 0 Å². The van der Waals surface area contributed by atoms with Gasteiger partial charge in [-0.3, -0.25) is 0 Å². The maximum Gasteiger partial charge on any atom is 0.407 e. The van der Waals surface area contributed by atoms with Gasteiger partial charge in [-0.1, -0.05) is 28.2 Å². The number of hydrogen-bond donors (Lipinski definition) is 1. The van der Waals surface area contributed by atoms with Crippen molar-refractivity contribution in [2.75, 3.05) is 39.7 Å². The van der Waals surface area contributed by atoms with Crippen molar-refractivity contribution in [3.63, 3.8) is 0 Å². The maximum atomic E-state index is 12.2. The summed E-state index contributed by atoms with van der Waals surface area (Å²) in [7, 11) is -1.93. The van der Waals surface area contributed by atoms with Gasteiger partial charge in [-0.15, -0.1) is 0 Å². The van der Waals surface area contributed by atoms with Crippen LogP contribution in [0.1, 0.15) is 55.9 Å². The van der Waals surface area contributed by atoms with Crippen molar-refractivity contribution < 1.29 is 27.4 Å². The van der Waals surface area contributed by atoms with Crippen LogP contribution in [-0.2, 0) is 24.2 Å². The van der Waals surface area contributed by atoms with E-state index in [1.807, 2.05) is 48.5 Å². The van der Waals surface area contributed by atoms with Crippen LogP contribution in [0.25, 0.3) is 0 Å². The van der Waals surface area contributed by atoms with E-state index in [0.717, 1.165) is 0 Å². The van der Waals surface area contributed by atoms with E-state index in [1.165, 1.54) is 17.7 Å². The van der Waals surface area contributed by atoms with E-state index in [1.54, 1.807) is 0 Å². The molecule has 0 aromatic carbocycles. The molecule has 2 atom stereocenters. The Kier molecular flexibility index (Phi) is 12.5. The van der Waals surface area contributed by atoms with Gasteiger partial charge in [0.2, 0.25) is 10.0 Å². The summed E-state index contributed by atoms with van der Waals surface area (Å²) >= 11 is 0. The molecule has 0 saturated carbocycles. The fourth-order valence-corrected chi connectivity index (χ4v) is 3.63. The van der Waals surface area contributed by atoms with Crippen LogP contribution in [0.3, 0.4) is 0 Å². The summed E-state index contributed by atoms with van der Waals surface area (Å²) in [6, 6.07) is 0. The number of carbonyl (C=O) groups excluding carboxylic acids is 1. The third kappa shape index (κ3) is 11.8. The molecule has 28 heavy (non-hydrogen) atoms. The van der Waals surface area contributed by atoms with Crippen LogP contribution >= 0.6 is 0 Å². The lowest BCUT2D eigenvalue weighted by atomic mass is 9.90. The second-order valence-electron chi connectivity index (χ2n) is 8.75. The summed E-state index contributed by atoms with van der Waals surface area (Å²) in [4.78, 5) is 11.8. The SMILES string of the molecule is C.COCCNC(=O)OC[C@H](CN(C(C)(C)C)S(C)(=O)=O)O[C@@H](C)C(C)(C)C. The third-order valence-electron chi connectivity index (χ3n) is 4.11. The second-order valence-corrected chi connectivity index (χ2v) is 10.7. The molecule has 0 aromatic rings. The van der Waals surface area contributed by atoms with Crippen molar-refractivity contribution in [1.29, 1.82) is 0 Å². The van der Waals surface area contributed by atoms with Crippen molar-refractivity contribution in [2.24, 2.45) is 5.41 Å². The first-order chi connectivity index (χ1) is 12.1. The molecule has 0 aliphatic heterocycles. The summed E-state index contributed by atoms with van der Waals surface area (Å²) in [5.41, 5.74) is -0.766. The van der Waals surface area contributed by atoms with Crippen LogP contribution in [0.2, 0.25) is 0 Å². The number of rotatable bonds is 10. The molecule has 170 valence electrons. The van der Waals surface area contributed by atoms with Crippen LogP contribution in [0.5, 0.6) is 0 Å². The highest BCUT2D eigenvalue weighted by atomic mass is 32.2. The number of sulfonamides is 1. The number of hydrogen-bond acceptors (Lipinski definition) is 6. The third-order valence-corrected chi connectivity index (χ3v) is 5.61. The van der Waals surface area contributed by atoms with Crippen molar-refractivity contribution >= 4 is 16.1 Å². The number of amides is 1. The fourth-order valence-electron chi connectivity index (χ4n) is 2.19. The minimum Gasteiger partial charge on any atom is -0.447 e. The summed E-state index contributed by atoms with van der Waals surface area (Å²) in [5, 5.41) is 2.56. The Balaban J connectivity index is 0. The molecule has 1 N–H and O–H groups in total. The Morgan fingerprint density at radius 1 is 1.14 bits per heavy atom. The average Bonchev–Trinajstić information content (AvgIpc) is 2.46. The first kappa shape index (κ1) is 29.3. The van der Waals surface area contributed by atoms with Crippen molar-refractivity contribution in [2.45, 2.75) is 73.6 Å². The fraction of sp³-hybridized carbons (Fsp3) is 0.947. The van der Waals surface area contributed by atoms with E-state index in [-0.39, 0.29) is 32.1 Å². The predicted octanol–water partition coefficient (Wildman–Crippen LogP) is 2.88. The molecule has 0 heterocycles. The number of nitrogens with zero attached hydrogens (tertiary/aromatic N) is 1. The van der Waals surface area contributed by atoms with E-state index in [0.29, 0.717) is 13.2 Å². The van der Waals surface area contributed by atoms with Crippen LogP contribution in [0.4, 0.5) is 4.79 Å². The van der Waals surface area contributed by atoms with Gasteiger partial charge >= 0.3 is 6.09 Å². The van der Waals surface area contributed by atoms with Crippen molar-refractivity contribution in [3.05, 3.63) is 0 Å². The number of nitrogens with one attached hydrogen (secondary N) is 1. The van der Waals surface area contributed by atoms with Gasteiger partial charge in [-0.2, -0.15) is 4.31 Å². The average molecular weight is 427 g/mol. The van der Waals surface area contributed by atoms with E-state index in [9.17, 15) is 13.2 Å². The van der Waals surface area contributed by atoms with Crippen LogP contribution in [0.15, 0.2) is 0 Å². The van der Waals surface area contributed by atoms with Gasteiger partial charge < -0.3 is 19.5 Å². The highest BCUT2D eigenvalue weighted by molar-refractivity contribution is 7.88. The molecule has 0 aliphatic rings. The molecule has 0 aromatic heterocycles. The summed E-state index contributed by atoms with van der Waals surface area (Å²) in [6.07, 6.45) is -0.183. The molecule has 1 amide bonds. The smallest absolute Gasteiger partial charge is 0.407 e. The number of alkyl carbamates (subject to hydrolysis) is 1. The summed E-state index contributed by atoms with van der Waals surface area (Å²) < 4.78 is 42.0. The second kappa shape index (κ2) is 11.9. The van der Waals surface area contributed by atoms with Gasteiger partial charge in [0, 0.05) is 25.7 Å². The zero-order chi connectivity index (χ0) is 21.5. The van der Waals surface area contributed by atoms with Gasteiger partial charge in [0.25, 0.3) is 0 Å². The van der Waals surface area contributed by atoms with Crippen LogP contribution < -0.4 is 5.32 Å². The number of carbonyl (C=O) groups is 1. The minimum atomic E-state index is -3.46. The lowest BCUT2D eigenvalue weighted by Gasteiger charge is -2.38. The molecule has 0 radical (unpaired) electrons. The topological polar surface area (TPSA) is 94.2 Å². The van der Waals surface area contributed by atoms with Gasteiger partial charge in [-0.05, 0) is 33.1 Å². The van der Waals surface area contributed by atoms with Gasteiger partial charge in [0.1, 0.15) is 12.7 Å². The standard InChI is InChI=1S/C18H38N2O6S.CH4/c1-14(17(2,3)4)26-15(13-25-16(21)19-10-11-24-8)12-20(18(5,6)7)27(9,22)23;/h14-15H,10-13H2,1-9H3,(H,19,21);1H4/t14-,15-;/m0./s1. The molecule has 0 saturated heterocycles.